The summed E-state index contributed by atoms with van der Waals surface area (Å²) < 4.78 is 28.7. The predicted octanol–water partition coefficient (Wildman–Crippen LogP) is 9.00. The molecule has 0 atom stereocenters. The molecule has 5 aromatic carbocycles. The topological polar surface area (TPSA) is 61.3 Å². The van der Waals surface area contributed by atoms with Crippen LogP contribution in [-0.2, 0) is 4.57 Å². The van der Waals surface area contributed by atoms with Gasteiger partial charge >= 0.3 is 0 Å². The number of benzene rings is 5. The number of pyridine rings is 2. The second kappa shape index (κ2) is 10.4. The molecule has 218 valence electrons. The van der Waals surface area contributed by atoms with E-state index in [4.69, 9.17) is 9.47 Å². The molecule has 0 saturated heterocycles. The zero-order chi connectivity index (χ0) is 30.7. The lowest BCUT2D eigenvalue weighted by atomic mass is 9.99. The van der Waals surface area contributed by atoms with E-state index in [9.17, 15) is 0 Å². The van der Waals surface area contributed by atoms with Gasteiger partial charge in [-0.2, -0.15) is 0 Å². The van der Waals surface area contributed by atoms with Gasteiger partial charge < -0.3 is 14.0 Å². The van der Waals surface area contributed by atoms with Crippen LogP contribution in [0, 0.1) is 0 Å². The lowest BCUT2D eigenvalue weighted by molar-refractivity contribution is 0.462. The van der Waals surface area contributed by atoms with Crippen LogP contribution in [0.1, 0.15) is 0 Å². The Bertz CT molecular complexity index is 2200. The second-order valence-corrected chi connectivity index (χ2v) is 14.0. The minimum absolute atomic E-state index is 0.566. The molecule has 0 unspecified atom stereocenters. The number of rotatable bonds is 4. The molecule has 6 heteroatoms. The highest BCUT2D eigenvalue weighted by Crippen LogP contribution is 2.59. The van der Waals surface area contributed by atoms with Crippen LogP contribution in [0.25, 0.3) is 44.5 Å². The van der Waals surface area contributed by atoms with Crippen LogP contribution in [0.15, 0.2) is 152 Å². The molecule has 0 bridgehead atoms. The van der Waals surface area contributed by atoms with Gasteiger partial charge in [-0.3, -0.25) is 9.97 Å². The van der Waals surface area contributed by atoms with Crippen molar-refractivity contribution in [2.45, 2.75) is 0 Å². The summed E-state index contributed by atoms with van der Waals surface area (Å²) in [4.78, 5) is 8.32. The molecule has 2 aliphatic heterocycles. The summed E-state index contributed by atoms with van der Waals surface area (Å²) in [5.41, 5.74) is 8.32. The Kier molecular flexibility index (Phi) is 6.02. The van der Waals surface area contributed by atoms with E-state index in [-0.39, 0.29) is 0 Å². The number of aromatic nitrogens is 2. The highest BCUT2D eigenvalue weighted by molar-refractivity contribution is 7.86. The maximum Gasteiger partial charge on any atom is 0.185 e. The summed E-state index contributed by atoms with van der Waals surface area (Å²) in [5.74, 6) is 2.33. The smallest absolute Gasteiger partial charge is 0.185 e. The first-order chi connectivity index (χ1) is 22.6. The van der Waals surface area contributed by atoms with Gasteiger partial charge in [-0.1, -0.05) is 54.6 Å². The molecule has 46 heavy (non-hydrogen) atoms. The molecule has 0 radical (unpaired) electrons. The van der Waals surface area contributed by atoms with Crippen LogP contribution in [0.5, 0.6) is 23.0 Å². The van der Waals surface area contributed by atoms with Crippen molar-refractivity contribution in [2.24, 2.45) is 0 Å². The zero-order valence-electron chi connectivity index (χ0n) is 24.5. The zero-order valence-corrected chi connectivity index (χ0v) is 25.4. The van der Waals surface area contributed by atoms with E-state index in [1.54, 1.807) is 24.8 Å². The molecule has 2 aromatic heterocycles. The fourth-order valence-electron chi connectivity index (χ4n) is 6.49. The van der Waals surface area contributed by atoms with Gasteiger partial charge in [-0.25, -0.2) is 0 Å². The Morgan fingerprint density at radius 1 is 0.391 bits per heavy atom. The van der Waals surface area contributed by atoms with Crippen molar-refractivity contribution in [1.29, 1.82) is 0 Å². The Labute approximate surface area is 266 Å². The SMILES string of the molecule is O=P12c3cc(-c4cccc(-c5ccncc5)c4)ccc3Oc3cccc(c31)Oc1ccc(-c3cccc(-c4ccncc4)c3)cc12. The molecule has 0 N–H and O–H groups in total. The van der Waals surface area contributed by atoms with Gasteiger partial charge in [0.05, 0.1) is 10.6 Å². The van der Waals surface area contributed by atoms with Crippen LogP contribution < -0.4 is 25.4 Å². The number of ether oxygens (including phenoxy) is 2. The van der Waals surface area contributed by atoms with Crippen molar-refractivity contribution in [2.75, 3.05) is 0 Å². The van der Waals surface area contributed by atoms with E-state index in [1.165, 1.54) is 0 Å². The third kappa shape index (κ3) is 4.21. The highest BCUT2D eigenvalue weighted by atomic mass is 31.2. The molecular weight excluding hydrogens is 587 g/mol. The Balaban J connectivity index is 1.21. The maximum atomic E-state index is 15.9. The molecule has 5 nitrogen and oxygen atoms in total. The van der Waals surface area contributed by atoms with E-state index in [1.807, 2.05) is 91.0 Å². The highest BCUT2D eigenvalue weighted by Gasteiger charge is 2.46. The van der Waals surface area contributed by atoms with Crippen LogP contribution in [0.4, 0.5) is 0 Å². The minimum atomic E-state index is -3.42. The van der Waals surface area contributed by atoms with Crippen molar-refractivity contribution >= 4 is 23.1 Å². The average molecular weight is 613 g/mol. The molecule has 2 aliphatic rings. The van der Waals surface area contributed by atoms with Crippen molar-refractivity contribution in [3.63, 3.8) is 0 Å². The van der Waals surface area contributed by atoms with Crippen molar-refractivity contribution in [3.05, 3.63) is 152 Å². The molecular formula is C40H25N2O3P. The van der Waals surface area contributed by atoms with Gasteiger partial charge in [-0.15, -0.1) is 0 Å². The first-order valence-corrected chi connectivity index (χ1v) is 16.8. The summed E-state index contributed by atoms with van der Waals surface area (Å²) in [6.07, 6.45) is 7.19. The van der Waals surface area contributed by atoms with E-state index >= 15 is 4.57 Å². The first-order valence-electron chi connectivity index (χ1n) is 15.1. The first kappa shape index (κ1) is 26.6. The fraction of sp³-hybridized carbons (Fsp3) is 0. The summed E-state index contributed by atoms with van der Waals surface area (Å²) in [7, 11) is -3.42. The standard InChI is InChI=1S/C40H25N2O3P/c43-46-38-24-32(30-6-1-4-28(22-30)26-14-18-41-19-15-26)10-12-34(38)44-36-8-3-9-37(40(36)46)45-35-13-11-33(25-39(35)46)31-7-2-5-29(23-31)27-16-20-42-21-17-27/h1-25H. The summed E-state index contributed by atoms with van der Waals surface area (Å²) in [6.45, 7) is 0. The number of hydrogen-bond acceptors (Lipinski definition) is 5. The lowest BCUT2D eigenvalue weighted by Gasteiger charge is -2.35. The Morgan fingerprint density at radius 3 is 1.24 bits per heavy atom. The second-order valence-electron chi connectivity index (χ2n) is 11.4. The largest absolute Gasteiger partial charge is 0.456 e. The predicted molar refractivity (Wildman–Crippen MR) is 183 cm³/mol. The molecule has 0 fully saturated rings. The molecule has 0 aliphatic carbocycles. The van der Waals surface area contributed by atoms with Gasteiger partial charge in [0.1, 0.15) is 28.3 Å². The van der Waals surface area contributed by atoms with Crippen molar-refractivity contribution in [3.8, 4) is 67.5 Å². The maximum absolute atomic E-state index is 15.9. The Morgan fingerprint density at radius 2 is 0.783 bits per heavy atom. The van der Waals surface area contributed by atoms with Crippen molar-refractivity contribution in [1.82, 2.24) is 9.97 Å². The van der Waals surface area contributed by atoms with E-state index in [2.05, 4.69) is 46.4 Å². The monoisotopic (exact) mass is 612 g/mol. The van der Waals surface area contributed by atoms with Gasteiger partial charge in [-0.05, 0) is 117 Å². The quantitative estimate of drug-likeness (QED) is 0.186. The number of nitrogens with zero attached hydrogens (tertiary/aromatic N) is 2. The molecule has 4 heterocycles. The lowest BCUT2D eigenvalue weighted by Crippen LogP contribution is -2.35. The van der Waals surface area contributed by atoms with Crippen LogP contribution in [0.3, 0.4) is 0 Å². The van der Waals surface area contributed by atoms with Crippen LogP contribution in [-0.4, -0.2) is 9.97 Å². The van der Waals surface area contributed by atoms with Gasteiger partial charge in [0.25, 0.3) is 0 Å². The summed E-state index contributed by atoms with van der Waals surface area (Å²) in [5, 5.41) is 1.96. The Hall–Kier alpha value is -5.77. The van der Waals surface area contributed by atoms with Crippen LogP contribution >= 0.6 is 7.14 Å². The van der Waals surface area contributed by atoms with Crippen LogP contribution in [0.2, 0.25) is 0 Å². The summed E-state index contributed by atoms with van der Waals surface area (Å²) in [6, 6.07) is 42.4. The van der Waals surface area contributed by atoms with E-state index in [0.717, 1.165) is 44.5 Å². The molecule has 0 saturated carbocycles. The third-order valence-electron chi connectivity index (χ3n) is 8.73. The minimum Gasteiger partial charge on any atom is -0.456 e. The van der Waals surface area contributed by atoms with Crippen molar-refractivity contribution < 1.29 is 14.0 Å². The third-order valence-corrected chi connectivity index (χ3v) is 11.9. The van der Waals surface area contributed by atoms with E-state index in [0.29, 0.717) is 38.9 Å². The van der Waals surface area contributed by atoms with Gasteiger partial charge in [0, 0.05) is 24.8 Å². The molecule has 0 spiro atoms. The average Bonchev–Trinajstić information content (AvgIpc) is 3.12. The number of hydrogen-bond donors (Lipinski definition) is 0. The normalized spacial score (nSPS) is 13.4. The van der Waals surface area contributed by atoms with E-state index < -0.39 is 7.14 Å². The molecule has 0 amide bonds. The summed E-state index contributed by atoms with van der Waals surface area (Å²) >= 11 is 0. The molecule has 7 aromatic rings. The number of fused-ring (bicyclic) bond motifs is 4. The van der Waals surface area contributed by atoms with Gasteiger partial charge in [0.15, 0.2) is 7.14 Å². The van der Waals surface area contributed by atoms with Gasteiger partial charge in [0.2, 0.25) is 0 Å². The molecule has 9 rings (SSSR count). The fourth-order valence-corrected chi connectivity index (χ4v) is 9.59.